The highest BCUT2D eigenvalue weighted by Gasteiger charge is 2.66. The molecular weight excluding hydrogens is 179 g/mol. The van der Waals surface area contributed by atoms with E-state index in [0.29, 0.717) is 6.42 Å². The quantitative estimate of drug-likeness (QED) is 0.720. The van der Waals surface area contributed by atoms with E-state index in [1.165, 1.54) is 6.92 Å². The first-order valence-electron chi connectivity index (χ1n) is 4.51. The van der Waals surface area contributed by atoms with E-state index >= 15 is 0 Å². The molecule has 0 bridgehead atoms. The van der Waals surface area contributed by atoms with Gasteiger partial charge in [0.2, 0.25) is 0 Å². The van der Waals surface area contributed by atoms with Gasteiger partial charge >= 0.3 is 6.18 Å². The third-order valence-electron chi connectivity index (χ3n) is 3.25. The first-order valence-corrected chi connectivity index (χ1v) is 4.51. The molecule has 1 fully saturated rings. The van der Waals surface area contributed by atoms with Crippen LogP contribution in [0.15, 0.2) is 0 Å². The summed E-state index contributed by atoms with van der Waals surface area (Å²) in [4.78, 5) is 0. The van der Waals surface area contributed by atoms with Crippen LogP contribution in [0, 0.1) is 11.3 Å². The van der Waals surface area contributed by atoms with Crippen LogP contribution in [0.25, 0.3) is 0 Å². The van der Waals surface area contributed by atoms with E-state index in [1.54, 1.807) is 0 Å². The molecule has 2 atom stereocenters. The summed E-state index contributed by atoms with van der Waals surface area (Å²) in [6, 6.07) is 0. The lowest BCUT2D eigenvalue weighted by atomic mass is 9.86. The Bertz CT molecular complexity index is 209. The maximum atomic E-state index is 12.6. The minimum absolute atomic E-state index is 0.0371. The summed E-state index contributed by atoms with van der Waals surface area (Å²) < 4.78 is 37.8. The SMILES string of the molecule is CCC(N)(C1CC1(C)C)C(F)(F)F. The largest absolute Gasteiger partial charge is 0.406 e. The Morgan fingerprint density at radius 1 is 1.38 bits per heavy atom. The fourth-order valence-electron chi connectivity index (χ4n) is 1.99. The third kappa shape index (κ3) is 1.56. The summed E-state index contributed by atoms with van der Waals surface area (Å²) in [7, 11) is 0. The lowest BCUT2D eigenvalue weighted by molar-refractivity contribution is -0.195. The Hall–Kier alpha value is -0.250. The van der Waals surface area contributed by atoms with Crippen molar-refractivity contribution in [3.05, 3.63) is 0 Å². The Balaban J connectivity index is 2.85. The van der Waals surface area contributed by atoms with Crippen LogP contribution in [0.4, 0.5) is 13.2 Å². The minimum Gasteiger partial charge on any atom is -0.317 e. The van der Waals surface area contributed by atoms with Crippen LogP contribution in [0.2, 0.25) is 0 Å². The van der Waals surface area contributed by atoms with Gasteiger partial charge in [-0.15, -0.1) is 0 Å². The summed E-state index contributed by atoms with van der Waals surface area (Å²) in [6.45, 7) is 5.17. The number of hydrogen-bond donors (Lipinski definition) is 1. The van der Waals surface area contributed by atoms with Crippen LogP contribution >= 0.6 is 0 Å². The highest BCUT2D eigenvalue weighted by Crippen LogP contribution is 2.60. The molecule has 2 unspecified atom stereocenters. The van der Waals surface area contributed by atoms with Crippen LogP contribution in [0.1, 0.15) is 33.6 Å². The fraction of sp³-hybridized carbons (Fsp3) is 1.00. The second-order valence-electron chi connectivity index (χ2n) is 4.64. The molecule has 1 saturated carbocycles. The maximum Gasteiger partial charge on any atom is 0.406 e. The summed E-state index contributed by atoms with van der Waals surface area (Å²) in [6.07, 6.45) is -3.73. The molecule has 1 aliphatic carbocycles. The molecule has 0 heterocycles. The second-order valence-corrected chi connectivity index (χ2v) is 4.64. The molecule has 1 rings (SSSR count). The van der Waals surface area contributed by atoms with Gasteiger partial charge in [-0.25, -0.2) is 0 Å². The predicted octanol–water partition coefficient (Wildman–Crippen LogP) is 2.70. The lowest BCUT2D eigenvalue weighted by Gasteiger charge is -2.32. The maximum absolute atomic E-state index is 12.6. The van der Waals surface area contributed by atoms with Crippen molar-refractivity contribution in [2.75, 3.05) is 0 Å². The van der Waals surface area contributed by atoms with Gasteiger partial charge in [0.05, 0.1) is 0 Å². The van der Waals surface area contributed by atoms with E-state index in [0.717, 1.165) is 0 Å². The Morgan fingerprint density at radius 2 is 1.77 bits per heavy atom. The standard InChI is InChI=1S/C9H16F3N/c1-4-8(13,9(10,11)12)6-5-7(6,2)3/h6H,4-5,13H2,1-3H3. The molecule has 1 aliphatic rings. The van der Waals surface area contributed by atoms with Gasteiger partial charge in [0.1, 0.15) is 5.54 Å². The summed E-state index contributed by atoms with van der Waals surface area (Å²) >= 11 is 0. The van der Waals surface area contributed by atoms with E-state index < -0.39 is 17.6 Å². The molecule has 0 saturated heterocycles. The smallest absolute Gasteiger partial charge is 0.317 e. The number of hydrogen-bond acceptors (Lipinski definition) is 1. The van der Waals surface area contributed by atoms with Crippen molar-refractivity contribution in [3.63, 3.8) is 0 Å². The van der Waals surface area contributed by atoms with Crippen LogP contribution < -0.4 is 5.73 Å². The Kier molecular flexibility index (Phi) is 2.19. The van der Waals surface area contributed by atoms with E-state index in [2.05, 4.69) is 0 Å². The highest BCUT2D eigenvalue weighted by atomic mass is 19.4. The van der Waals surface area contributed by atoms with Crippen LogP contribution in [0.5, 0.6) is 0 Å². The monoisotopic (exact) mass is 195 g/mol. The molecule has 0 aromatic rings. The van der Waals surface area contributed by atoms with Gasteiger partial charge in [-0.05, 0) is 24.2 Å². The van der Waals surface area contributed by atoms with Crippen molar-refractivity contribution in [1.82, 2.24) is 0 Å². The van der Waals surface area contributed by atoms with Crippen LogP contribution in [-0.2, 0) is 0 Å². The topological polar surface area (TPSA) is 26.0 Å². The molecular formula is C9H16F3N. The molecule has 78 valence electrons. The van der Waals surface area contributed by atoms with Gasteiger partial charge in [-0.1, -0.05) is 20.8 Å². The number of rotatable bonds is 2. The number of alkyl halides is 3. The van der Waals surface area contributed by atoms with Gasteiger partial charge in [0, 0.05) is 0 Å². The summed E-state index contributed by atoms with van der Waals surface area (Å²) in [5.74, 6) is -0.412. The van der Waals surface area contributed by atoms with Crippen molar-refractivity contribution < 1.29 is 13.2 Å². The van der Waals surface area contributed by atoms with Crippen LogP contribution in [0.3, 0.4) is 0 Å². The number of halogens is 3. The molecule has 0 aromatic heterocycles. The molecule has 0 radical (unpaired) electrons. The normalized spacial score (nSPS) is 31.2. The number of nitrogens with two attached hydrogens (primary N) is 1. The van der Waals surface area contributed by atoms with Gasteiger partial charge in [0.25, 0.3) is 0 Å². The molecule has 1 nitrogen and oxygen atoms in total. The molecule has 0 aromatic carbocycles. The van der Waals surface area contributed by atoms with Gasteiger partial charge in [-0.3, -0.25) is 0 Å². The Labute approximate surface area is 76.5 Å². The van der Waals surface area contributed by atoms with E-state index in [9.17, 15) is 13.2 Å². The second kappa shape index (κ2) is 2.62. The van der Waals surface area contributed by atoms with Crippen LogP contribution in [-0.4, -0.2) is 11.7 Å². The average Bonchev–Trinajstić information content (AvgIpc) is 2.56. The third-order valence-corrected chi connectivity index (χ3v) is 3.25. The lowest BCUT2D eigenvalue weighted by Crippen LogP contribution is -2.55. The van der Waals surface area contributed by atoms with E-state index in [-0.39, 0.29) is 11.8 Å². The summed E-state index contributed by atoms with van der Waals surface area (Å²) in [5.41, 5.74) is 3.22. The van der Waals surface area contributed by atoms with Crippen molar-refractivity contribution in [2.24, 2.45) is 17.1 Å². The molecule has 0 spiro atoms. The first-order chi connectivity index (χ1) is 5.65. The van der Waals surface area contributed by atoms with E-state index in [4.69, 9.17) is 5.73 Å². The minimum atomic E-state index is -4.28. The van der Waals surface area contributed by atoms with Crippen molar-refractivity contribution >= 4 is 0 Å². The van der Waals surface area contributed by atoms with Crippen molar-refractivity contribution in [2.45, 2.75) is 45.3 Å². The fourth-order valence-corrected chi connectivity index (χ4v) is 1.99. The highest BCUT2D eigenvalue weighted by molar-refractivity contribution is 5.12. The zero-order chi connectivity index (χ0) is 10.5. The predicted molar refractivity (Wildman–Crippen MR) is 45.2 cm³/mol. The summed E-state index contributed by atoms with van der Waals surface area (Å²) in [5, 5.41) is 0. The molecule has 13 heavy (non-hydrogen) atoms. The Morgan fingerprint density at radius 3 is 1.85 bits per heavy atom. The average molecular weight is 195 g/mol. The molecule has 0 amide bonds. The van der Waals surface area contributed by atoms with Gasteiger partial charge in [-0.2, -0.15) is 13.2 Å². The van der Waals surface area contributed by atoms with E-state index in [1.807, 2.05) is 13.8 Å². The van der Waals surface area contributed by atoms with Gasteiger partial charge in [0.15, 0.2) is 0 Å². The van der Waals surface area contributed by atoms with Crippen molar-refractivity contribution in [3.8, 4) is 0 Å². The first kappa shape index (κ1) is 10.8. The molecule has 0 aliphatic heterocycles. The molecule has 4 heteroatoms. The molecule has 2 N–H and O–H groups in total. The van der Waals surface area contributed by atoms with Crippen molar-refractivity contribution in [1.29, 1.82) is 0 Å². The van der Waals surface area contributed by atoms with Gasteiger partial charge < -0.3 is 5.73 Å². The zero-order valence-corrected chi connectivity index (χ0v) is 8.20. The zero-order valence-electron chi connectivity index (χ0n) is 8.20.